The number of hydrogen-bond donors (Lipinski definition) is 0. The molecular weight excluding hydrogens is 134 g/mol. The molecule has 1 heterocycles. The van der Waals surface area contributed by atoms with Crippen LogP contribution < -0.4 is 0 Å². The fourth-order valence-electron chi connectivity index (χ4n) is 2.31. The van der Waals surface area contributed by atoms with Crippen LogP contribution in [0.25, 0.3) is 0 Å². The summed E-state index contributed by atoms with van der Waals surface area (Å²) in [4.78, 5) is 0. The molecule has 62 valence electrons. The predicted octanol–water partition coefficient (Wildman–Crippen LogP) is 2.20. The summed E-state index contributed by atoms with van der Waals surface area (Å²) in [7, 11) is 0. The molecule has 1 aliphatic heterocycles. The van der Waals surface area contributed by atoms with Crippen molar-refractivity contribution in [2.45, 2.75) is 44.9 Å². The van der Waals surface area contributed by atoms with Crippen molar-refractivity contribution in [2.75, 3.05) is 13.1 Å². The highest BCUT2D eigenvalue weighted by molar-refractivity contribution is 5.80. The molecule has 1 heteroatoms. The summed E-state index contributed by atoms with van der Waals surface area (Å²) < 4.78 is 2.64. The molecule has 1 saturated carbocycles. The Morgan fingerprint density at radius 3 is 2.00 bits per heavy atom. The number of nitrogens with zero attached hydrogens (tertiary/aromatic N) is 1. The van der Waals surface area contributed by atoms with Gasteiger partial charge >= 0.3 is 0 Å². The van der Waals surface area contributed by atoms with Crippen LogP contribution in [0.4, 0.5) is 0 Å². The Balaban J connectivity index is 2.03. The van der Waals surface area contributed by atoms with Crippen LogP contribution in [0.3, 0.4) is 0 Å². The lowest BCUT2D eigenvalue weighted by molar-refractivity contribution is -0.508. The van der Waals surface area contributed by atoms with Gasteiger partial charge in [-0.3, -0.25) is 0 Å². The van der Waals surface area contributed by atoms with Crippen molar-refractivity contribution in [3.8, 4) is 0 Å². The summed E-state index contributed by atoms with van der Waals surface area (Å²) in [5.41, 5.74) is 1.77. The van der Waals surface area contributed by atoms with Gasteiger partial charge in [-0.1, -0.05) is 6.42 Å². The van der Waals surface area contributed by atoms with E-state index in [9.17, 15) is 0 Å². The standard InChI is InChI=1S/C10H18N/c1-2-6-10(7-3-1)11-8-4-5-9-11/h1-9H2/q+1. The zero-order valence-corrected chi connectivity index (χ0v) is 7.31. The Labute approximate surface area is 69.1 Å². The highest BCUT2D eigenvalue weighted by Crippen LogP contribution is 2.16. The first-order chi connectivity index (χ1) is 5.47. The fraction of sp³-hybridized carbons (Fsp3) is 0.900. The summed E-state index contributed by atoms with van der Waals surface area (Å²) in [6.45, 7) is 2.71. The molecule has 0 amide bonds. The third-order valence-corrected chi connectivity index (χ3v) is 2.98. The third-order valence-electron chi connectivity index (χ3n) is 2.98. The zero-order valence-electron chi connectivity index (χ0n) is 7.31. The van der Waals surface area contributed by atoms with E-state index in [2.05, 4.69) is 4.58 Å². The maximum absolute atomic E-state index is 2.64. The summed E-state index contributed by atoms with van der Waals surface area (Å²) in [5, 5.41) is 0. The summed E-state index contributed by atoms with van der Waals surface area (Å²) in [5.74, 6) is 0. The van der Waals surface area contributed by atoms with Gasteiger partial charge in [-0.25, -0.2) is 4.58 Å². The van der Waals surface area contributed by atoms with Crippen molar-refractivity contribution in [1.29, 1.82) is 0 Å². The third kappa shape index (κ3) is 1.63. The van der Waals surface area contributed by atoms with Crippen molar-refractivity contribution in [2.24, 2.45) is 0 Å². The van der Waals surface area contributed by atoms with Crippen LogP contribution >= 0.6 is 0 Å². The second-order valence-corrected chi connectivity index (χ2v) is 3.82. The Hall–Kier alpha value is -0.330. The van der Waals surface area contributed by atoms with Gasteiger partial charge in [0.15, 0.2) is 5.71 Å². The molecule has 1 aliphatic carbocycles. The van der Waals surface area contributed by atoms with Crippen molar-refractivity contribution in [3.05, 3.63) is 0 Å². The molecule has 0 aromatic rings. The molecule has 2 aliphatic rings. The van der Waals surface area contributed by atoms with Crippen LogP contribution in [-0.2, 0) is 0 Å². The van der Waals surface area contributed by atoms with Crippen molar-refractivity contribution >= 4 is 5.71 Å². The van der Waals surface area contributed by atoms with Crippen molar-refractivity contribution < 1.29 is 4.58 Å². The van der Waals surface area contributed by atoms with E-state index >= 15 is 0 Å². The predicted molar refractivity (Wildman–Crippen MR) is 47.3 cm³/mol. The lowest BCUT2D eigenvalue weighted by atomic mass is 9.98. The van der Waals surface area contributed by atoms with E-state index in [-0.39, 0.29) is 0 Å². The van der Waals surface area contributed by atoms with Crippen LogP contribution in [0.1, 0.15) is 44.9 Å². The first kappa shape index (κ1) is 7.33. The van der Waals surface area contributed by atoms with E-state index in [0.29, 0.717) is 0 Å². The minimum absolute atomic E-state index is 1.36. The van der Waals surface area contributed by atoms with Crippen molar-refractivity contribution in [1.82, 2.24) is 0 Å². The first-order valence-corrected chi connectivity index (χ1v) is 5.06. The van der Waals surface area contributed by atoms with Gasteiger partial charge in [0.05, 0.1) is 0 Å². The van der Waals surface area contributed by atoms with Gasteiger partial charge in [0.1, 0.15) is 13.1 Å². The van der Waals surface area contributed by atoms with Crippen LogP contribution in [0, 0.1) is 0 Å². The quantitative estimate of drug-likeness (QED) is 0.468. The van der Waals surface area contributed by atoms with Crippen LogP contribution in [0.2, 0.25) is 0 Å². The summed E-state index contributed by atoms with van der Waals surface area (Å²) in [6.07, 6.45) is 10.0. The molecule has 0 N–H and O–H groups in total. The van der Waals surface area contributed by atoms with Gasteiger partial charge in [-0.2, -0.15) is 0 Å². The molecule has 0 aromatic heterocycles. The van der Waals surface area contributed by atoms with Gasteiger partial charge < -0.3 is 0 Å². The molecule has 2 fully saturated rings. The largest absolute Gasteiger partial charge is 0.237 e. The van der Waals surface area contributed by atoms with Gasteiger partial charge in [0, 0.05) is 25.7 Å². The Kier molecular flexibility index (Phi) is 2.25. The molecule has 1 saturated heterocycles. The minimum atomic E-state index is 1.36. The highest BCUT2D eigenvalue weighted by Gasteiger charge is 2.20. The van der Waals surface area contributed by atoms with E-state index in [1.54, 1.807) is 5.71 Å². The second-order valence-electron chi connectivity index (χ2n) is 3.82. The van der Waals surface area contributed by atoms with E-state index in [1.165, 1.54) is 58.0 Å². The molecule has 0 aromatic carbocycles. The molecule has 2 rings (SSSR count). The molecule has 0 bridgehead atoms. The van der Waals surface area contributed by atoms with E-state index in [0.717, 1.165) is 0 Å². The molecule has 0 atom stereocenters. The maximum Gasteiger partial charge on any atom is 0.152 e. The molecule has 0 spiro atoms. The normalized spacial score (nSPS) is 26.2. The number of rotatable bonds is 0. The Morgan fingerprint density at radius 1 is 0.727 bits per heavy atom. The van der Waals surface area contributed by atoms with Crippen molar-refractivity contribution in [3.63, 3.8) is 0 Å². The van der Waals surface area contributed by atoms with E-state index < -0.39 is 0 Å². The van der Waals surface area contributed by atoms with Crippen LogP contribution in [-0.4, -0.2) is 23.4 Å². The Morgan fingerprint density at radius 2 is 1.36 bits per heavy atom. The molecule has 11 heavy (non-hydrogen) atoms. The lowest BCUT2D eigenvalue weighted by Gasteiger charge is -2.10. The topological polar surface area (TPSA) is 3.01 Å². The SMILES string of the molecule is C1CCC(=[N+]2CCCC2)CC1. The summed E-state index contributed by atoms with van der Waals surface area (Å²) >= 11 is 0. The molecule has 0 unspecified atom stereocenters. The lowest BCUT2D eigenvalue weighted by Crippen LogP contribution is -2.20. The van der Waals surface area contributed by atoms with Crippen LogP contribution in [0.5, 0.6) is 0 Å². The zero-order chi connectivity index (χ0) is 7.52. The fourth-order valence-corrected chi connectivity index (χ4v) is 2.31. The van der Waals surface area contributed by atoms with Gasteiger partial charge in [0.2, 0.25) is 0 Å². The molecule has 1 nitrogen and oxygen atoms in total. The summed E-state index contributed by atoms with van der Waals surface area (Å²) in [6, 6.07) is 0. The first-order valence-electron chi connectivity index (χ1n) is 5.06. The monoisotopic (exact) mass is 152 g/mol. The molecule has 0 radical (unpaired) electrons. The Bertz CT molecular complexity index is 154. The maximum atomic E-state index is 2.64. The van der Waals surface area contributed by atoms with Gasteiger partial charge in [-0.05, 0) is 12.8 Å². The highest BCUT2D eigenvalue weighted by atomic mass is 15.0. The van der Waals surface area contributed by atoms with Gasteiger partial charge in [0.25, 0.3) is 0 Å². The minimum Gasteiger partial charge on any atom is -0.237 e. The van der Waals surface area contributed by atoms with E-state index in [1.807, 2.05) is 0 Å². The van der Waals surface area contributed by atoms with E-state index in [4.69, 9.17) is 0 Å². The molecular formula is C10H18N+. The average Bonchev–Trinajstić information content (AvgIpc) is 2.58. The van der Waals surface area contributed by atoms with Gasteiger partial charge in [-0.15, -0.1) is 0 Å². The van der Waals surface area contributed by atoms with Crippen LogP contribution in [0.15, 0.2) is 0 Å². The smallest absolute Gasteiger partial charge is 0.152 e. The second kappa shape index (κ2) is 3.38. The average molecular weight is 152 g/mol. The number of hydrogen-bond acceptors (Lipinski definition) is 0.